The molecule has 2 heteroatoms. The Balaban J connectivity index is 2.03. The van der Waals surface area contributed by atoms with Gasteiger partial charge in [-0.2, -0.15) is 0 Å². The minimum Gasteiger partial charge on any atom is -0.327 e. The number of hydrogen-bond acceptors (Lipinski definition) is 2. The smallest absolute Gasteiger partial charge is 0.0136 e. The Morgan fingerprint density at radius 1 is 1.60 bits per heavy atom. The number of rotatable bonds is 3. The van der Waals surface area contributed by atoms with Crippen molar-refractivity contribution in [2.45, 2.75) is 38.8 Å². The van der Waals surface area contributed by atoms with E-state index in [2.05, 4.69) is 12.2 Å². The van der Waals surface area contributed by atoms with Gasteiger partial charge in [0.05, 0.1) is 0 Å². The van der Waals surface area contributed by atoms with E-state index in [1.165, 1.54) is 12.8 Å². The van der Waals surface area contributed by atoms with Crippen LogP contribution in [0.1, 0.15) is 26.7 Å². The average molecular weight is 142 g/mol. The zero-order valence-electron chi connectivity index (χ0n) is 6.93. The molecule has 60 valence electrons. The molecule has 1 fully saturated rings. The van der Waals surface area contributed by atoms with Crippen LogP contribution < -0.4 is 11.1 Å². The molecule has 0 spiro atoms. The van der Waals surface area contributed by atoms with Gasteiger partial charge in [-0.25, -0.2) is 0 Å². The lowest BCUT2D eigenvalue weighted by Gasteiger charge is -2.35. The molecule has 2 nitrogen and oxygen atoms in total. The lowest BCUT2D eigenvalue weighted by Crippen LogP contribution is -2.46. The normalized spacial score (nSPS) is 35.1. The van der Waals surface area contributed by atoms with Crippen molar-refractivity contribution < 1.29 is 0 Å². The van der Waals surface area contributed by atoms with Crippen LogP contribution in [0.5, 0.6) is 0 Å². The Bertz CT molecular complexity index is 101. The Morgan fingerprint density at radius 2 is 2.30 bits per heavy atom. The first-order valence-electron chi connectivity index (χ1n) is 4.19. The molecule has 0 heterocycles. The topological polar surface area (TPSA) is 38.0 Å². The Hall–Kier alpha value is -0.0800. The molecule has 3 N–H and O–H groups in total. The SMILES string of the molecule is CC(N)CNC1CCC1C. The fourth-order valence-corrected chi connectivity index (χ4v) is 1.31. The maximum Gasteiger partial charge on any atom is 0.0136 e. The van der Waals surface area contributed by atoms with Gasteiger partial charge in [0.1, 0.15) is 0 Å². The molecule has 0 aromatic rings. The minimum atomic E-state index is 0.299. The summed E-state index contributed by atoms with van der Waals surface area (Å²) in [4.78, 5) is 0. The van der Waals surface area contributed by atoms with E-state index in [0.29, 0.717) is 6.04 Å². The van der Waals surface area contributed by atoms with E-state index in [0.717, 1.165) is 18.5 Å². The Morgan fingerprint density at radius 3 is 2.60 bits per heavy atom. The van der Waals surface area contributed by atoms with Crippen LogP contribution in [-0.4, -0.2) is 18.6 Å². The standard InChI is InChI=1S/C8H18N2/c1-6-3-4-8(6)10-5-7(2)9/h6-8,10H,3-5,9H2,1-2H3. The zero-order valence-corrected chi connectivity index (χ0v) is 6.93. The van der Waals surface area contributed by atoms with Crippen molar-refractivity contribution in [3.05, 3.63) is 0 Å². The van der Waals surface area contributed by atoms with Gasteiger partial charge in [0.15, 0.2) is 0 Å². The Kier molecular flexibility index (Phi) is 2.69. The van der Waals surface area contributed by atoms with Crippen LogP contribution in [0.25, 0.3) is 0 Å². The summed E-state index contributed by atoms with van der Waals surface area (Å²) < 4.78 is 0. The third-order valence-electron chi connectivity index (χ3n) is 2.32. The van der Waals surface area contributed by atoms with E-state index in [4.69, 9.17) is 5.73 Å². The Labute approximate surface area is 63.2 Å². The summed E-state index contributed by atoms with van der Waals surface area (Å²) in [6.07, 6.45) is 2.73. The van der Waals surface area contributed by atoms with Gasteiger partial charge in [-0.05, 0) is 25.7 Å². The molecule has 0 amide bonds. The quantitative estimate of drug-likeness (QED) is 0.609. The van der Waals surface area contributed by atoms with E-state index in [9.17, 15) is 0 Å². The monoisotopic (exact) mass is 142 g/mol. The van der Waals surface area contributed by atoms with E-state index in [1.807, 2.05) is 6.92 Å². The lowest BCUT2D eigenvalue weighted by atomic mass is 9.81. The number of nitrogens with two attached hydrogens (primary N) is 1. The highest BCUT2D eigenvalue weighted by Gasteiger charge is 2.25. The molecule has 0 aromatic heterocycles. The highest BCUT2D eigenvalue weighted by molar-refractivity contribution is 4.84. The van der Waals surface area contributed by atoms with Gasteiger partial charge >= 0.3 is 0 Å². The predicted molar refractivity (Wildman–Crippen MR) is 43.8 cm³/mol. The summed E-state index contributed by atoms with van der Waals surface area (Å²) in [5, 5.41) is 3.44. The molecular formula is C8H18N2. The van der Waals surface area contributed by atoms with E-state index < -0.39 is 0 Å². The van der Waals surface area contributed by atoms with Crippen LogP contribution in [-0.2, 0) is 0 Å². The molecule has 3 unspecified atom stereocenters. The third kappa shape index (κ3) is 1.96. The van der Waals surface area contributed by atoms with Crippen molar-refractivity contribution in [1.29, 1.82) is 0 Å². The van der Waals surface area contributed by atoms with E-state index >= 15 is 0 Å². The summed E-state index contributed by atoms with van der Waals surface area (Å²) in [6.45, 7) is 5.30. The van der Waals surface area contributed by atoms with Crippen LogP contribution in [0.15, 0.2) is 0 Å². The largest absolute Gasteiger partial charge is 0.327 e. The van der Waals surface area contributed by atoms with Gasteiger partial charge in [0.2, 0.25) is 0 Å². The summed E-state index contributed by atoms with van der Waals surface area (Å²) in [6, 6.07) is 1.05. The van der Waals surface area contributed by atoms with Crippen molar-refractivity contribution >= 4 is 0 Å². The molecule has 1 aliphatic rings. The highest BCUT2D eigenvalue weighted by Crippen LogP contribution is 2.25. The van der Waals surface area contributed by atoms with Crippen LogP contribution in [0, 0.1) is 5.92 Å². The van der Waals surface area contributed by atoms with E-state index in [-0.39, 0.29) is 0 Å². The summed E-state index contributed by atoms with van der Waals surface area (Å²) in [5.41, 5.74) is 5.60. The molecule has 0 aliphatic heterocycles. The van der Waals surface area contributed by atoms with Crippen LogP contribution in [0.3, 0.4) is 0 Å². The molecule has 0 saturated heterocycles. The summed E-state index contributed by atoms with van der Waals surface area (Å²) in [7, 11) is 0. The molecule has 3 atom stereocenters. The van der Waals surface area contributed by atoms with Gasteiger partial charge in [-0.3, -0.25) is 0 Å². The fraction of sp³-hybridized carbons (Fsp3) is 1.00. The maximum absolute atomic E-state index is 5.60. The van der Waals surface area contributed by atoms with Gasteiger partial charge in [-0.1, -0.05) is 6.92 Å². The van der Waals surface area contributed by atoms with Crippen LogP contribution in [0.4, 0.5) is 0 Å². The maximum atomic E-state index is 5.60. The second kappa shape index (κ2) is 3.35. The fourth-order valence-electron chi connectivity index (χ4n) is 1.31. The van der Waals surface area contributed by atoms with Crippen molar-refractivity contribution in [3.63, 3.8) is 0 Å². The second-order valence-electron chi connectivity index (χ2n) is 3.55. The summed E-state index contributed by atoms with van der Waals surface area (Å²) in [5.74, 6) is 0.874. The third-order valence-corrected chi connectivity index (χ3v) is 2.32. The molecule has 0 aromatic carbocycles. The summed E-state index contributed by atoms with van der Waals surface area (Å²) >= 11 is 0. The molecule has 1 aliphatic carbocycles. The van der Waals surface area contributed by atoms with Crippen molar-refractivity contribution in [2.24, 2.45) is 11.7 Å². The van der Waals surface area contributed by atoms with Crippen LogP contribution >= 0.6 is 0 Å². The van der Waals surface area contributed by atoms with Crippen molar-refractivity contribution in [1.82, 2.24) is 5.32 Å². The van der Waals surface area contributed by atoms with Gasteiger partial charge in [0, 0.05) is 18.6 Å². The van der Waals surface area contributed by atoms with E-state index in [1.54, 1.807) is 0 Å². The number of nitrogens with one attached hydrogen (secondary N) is 1. The molecule has 0 radical (unpaired) electrons. The van der Waals surface area contributed by atoms with Crippen molar-refractivity contribution in [3.8, 4) is 0 Å². The predicted octanol–water partition coefficient (Wildman–Crippen LogP) is 0.722. The average Bonchev–Trinajstić information content (AvgIpc) is 1.84. The second-order valence-corrected chi connectivity index (χ2v) is 3.55. The molecule has 0 bridgehead atoms. The van der Waals surface area contributed by atoms with Gasteiger partial charge in [-0.15, -0.1) is 0 Å². The molecule has 1 rings (SSSR count). The zero-order chi connectivity index (χ0) is 7.56. The highest BCUT2D eigenvalue weighted by atomic mass is 15.0. The van der Waals surface area contributed by atoms with Gasteiger partial charge < -0.3 is 11.1 Å². The van der Waals surface area contributed by atoms with Gasteiger partial charge in [0.25, 0.3) is 0 Å². The first-order valence-corrected chi connectivity index (χ1v) is 4.19. The first kappa shape index (κ1) is 8.02. The molecule has 10 heavy (non-hydrogen) atoms. The number of hydrogen-bond donors (Lipinski definition) is 2. The minimum absolute atomic E-state index is 0.299. The van der Waals surface area contributed by atoms with Crippen molar-refractivity contribution in [2.75, 3.05) is 6.54 Å². The van der Waals surface area contributed by atoms with Crippen LogP contribution in [0.2, 0.25) is 0 Å². The lowest BCUT2D eigenvalue weighted by molar-refractivity contribution is 0.228. The molecular weight excluding hydrogens is 124 g/mol. The first-order chi connectivity index (χ1) is 4.70. The molecule has 1 saturated carbocycles.